The first-order chi connectivity index (χ1) is 9.87. The molecule has 0 unspecified atom stereocenters. The zero-order valence-electron chi connectivity index (χ0n) is 15.5. The van der Waals surface area contributed by atoms with Gasteiger partial charge in [-0.3, -0.25) is 0 Å². The van der Waals surface area contributed by atoms with E-state index in [1.807, 2.05) is 20.8 Å². The average molecular weight is 316 g/mol. The largest absolute Gasteiger partial charge is 0.444 e. The first-order valence-corrected chi connectivity index (χ1v) is 8.12. The summed E-state index contributed by atoms with van der Waals surface area (Å²) >= 11 is 0. The molecule has 0 aliphatic rings. The van der Waals surface area contributed by atoms with Gasteiger partial charge in [0, 0.05) is 6.54 Å². The van der Waals surface area contributed by atoms with E-state index in [2.05, 4.69) is 33.0 Å². The first-order valence-electron chi connectivity index (χ1n) is 8.12. The average Bonchev–Trinajstić information content (AvgIpc) is 2.24. The van der Waals surface area contributed by atoms with Crippen LogP contribution in [0.2, 0.25) is 0 Å². The maximum atomic E-state index is 11.6. The van der Waals surface area contributed by atoms with Crippen molar-refractivity contribution in [3.8, 4) is 0 Å². The van der Waals surface area contributed by atoms with Gasteiger partial charge in [-0.05, 0) is 51.0 Å². The minimum atomic E-state index is -0.461. The van der Waals surface area contributed by atoms with Crippen LogP contribution in [0, 0.1) is 10.8 Å². The summed E-state index contributed by atoms with van der Waals surface area (Å²) in [5.41, 5.74) is 5.26. The van der Waals surface area contributed by atoms with Crippen molar-refractivity contribution < 1.29 is 14.3 Å². The number of alkyl carbamates (subject to hydrolysis) is 1. The van der Waals surface area contributed by atoms with Crippen LogP contribution in [0.1, 0.15) is 61.3 Å². The predicted molar refractivity (Wildman–Crippen MR) is 90.9 cm³/mol. The standard InChI is InChI=1S/C17H36N2O3/c1-15(2,3)22-14(20)19-11-9-17(6,7)13-21-12-16(4,5)8-10-18/h8-13,18H2,1-7H3,(H,19,20). The summed E-state index contributed by atoms with van der Waals surface area (Å²) < 4.78 is 11.1. The molecule has 0 heterocycles. The van der Waals surface area contributed by atoms with E-state index in [1.165, 1.54) is 0 Å². The number of nitrogens with one attached hydrogen (secondary N) is 1. The number of carbonyl (C=O) groups is 1. The van der Waals surface area contributed by atoms with E-state index in [4.69, 9.17) is 15.2 Å². The van der Waals surface area contributed by atoms with E-state index in [-0.39, 0.29) is 16.9 Å². The molecule has 132 valence electrons. The van der Waals surface area contributed by atoms with Gasteiger partial charge < -0.3 is 20.5 Å². The van der Waals surface area contributed by atoms with Crippen molar-refractivity contribution in [2.24, 2.45) is 16.6 Å². The van der Waals surface area contributed by atoms with Gasteiger partial charge in [0.05, 0.1) is 13.2 Å². The lowest BCUT2D eigenvalue weighted by Gasteiger charge is -2.29. The third-order valence-corrected chi connectivity index (χ3v) is 3.28. The highest BCUT2D eigenvalue weighted by molar-refractivity contribution is 5.67. The van der Waals surface area contributed by atoms with Crippen molar-refractivity contribution in [1.29, 1.82) is 0 Å². The molecule has 5 heteroatoms. The Bertz CT molecular complexity index is 333. The Kier molecular flexibility index (Phi) is 8.40. The molecule has 22 heavy (non-hydrogen) atoms. The number of amides is 1. The van der Waals surface area contributed by atoms with Gasteiger partial charge in [0.1, 0.15) is 5.60 Å². The molecule has 0 bridgehead atoms. The normalized spacial score (nSPS) is 13.1. The fraction of sp³-hybridized carbons (Fsp3) is 0.941. The van der Waals surface area contributed by atoms with Crippen molar-refractivity contribution in [1.82, 2.24) is 5.32 Å². The number of ether oxygens (including phenoxy) is 2. The van der Waals surface area contributed by atoms with Gasteiger partial charge in [-0.15, -0.1) is 0 Å². The SMILES string of the molecule is CC(C)(CCN)COCC(C)(C)CCNC(=O)OC(C)(C)C. The molecule has 0 fully saturated rings. The smallest absolute Gasteiger partial charge is 0.407 e. The number of nitrogens with two attached hydrogens (primary N) is 1. The number of hydrogen-bond donors (Lipinski definition) is 2. The summed E-state index contributed by atoms with van der Waals surface area (Å²) in [7, 11) is 0. The van der Waals surface area contributed by atoms with Crippen LogP contribution in [0.5, 0.6) is 0 Å². The lowest BCUT2D eigenvalue weighted by Crippen LogP contribution is -2.35. The lowest BCUT2D eigenvalue weighted by atomic mass is 9.89. The van der Waals surface area contributed by atoms with Crippen LogP contribution in [0.25, 0.3) is 0 Å². The number of rotatable bonds is 9. The molecule has 0 aromatic heterocycles. The Morgan fingerprint density at radius 1 is 0.955 bits per heavy atom. The van der Waals surface area contributed by atoms with Gasteiger partial charge in [-0.25, -0.2) is 4.79 Å². The fourth-order valence-electron chi connectivity index (χ4n) is 1.96. The summed E-state index contributed by atoms with van der Waals surface area (Å²) in [4.78, 5) is 11.6. The molecule has 0 aliphatic carbocycles. The van der Waals surface area contributed by atoms with Crippen LogP contribution >= 0.6 is 0 Å². The van der Waals surface area contributed by atoms with E-state index in [1.54, 1.807) is 0 Å². The summed E-state index contributed by atoms with van der Waals surface area (Å²) in [6.07, 6.45) is 1.42. The van der Waals surface area contributed by atoms with E-state index in [0.717, 1.165) is 12.8 Å². The molecule has 0 saturated heterocycles. The van der Waals surface area contributed by atoms with Crippen LogP contribution in [0.3, 0.4) is 0 Å². The Morgan fingerprint density at radius 3 is 1.91 bits per heavy atom. The zero-order valence-corrected chi connectivity index (χ0v) is 15.5. The van der Waals surface area contributed by atoms with Crippen molar-refractivity contribution in [2.75, 3.05) is 26.3 Å². The molecule has 0 saturated carbocycles. The Labute approximate surface area is 136 Å². The van der Waals surface area contributed by atoms with Gasteiger partial charge in [0.15, 0.2) is 0 Å². The molecule has 0 atom stereocenters. The Hall–Kier alpha value is -0.810. The van der Waals surface area contributed by atoms with Crippen molar-refractivity contribution in [3.63, 3.8) is 0 Å². The molecule has 0 spiro atoms. The summed E-state index contributed by atoms with van der Waals surface area (Å²) in [6, 6.07) is 0. The van der Waals surface area contributed by atoms with E-state index >= 15 is 0 Å². The van der Waals surface area contributed by atoms with Crippen molar-refractivity contribution >= 4 is 6.09 Å². The topological polar surface area (TPSA) is 73.6 Å². The minimum Gasteiger partial charge on any atom is -0.444 e. The van der Waals surface area contributed by atoms with Gasteiger partial charge in [-0.2, -0.15) is 0 Å². The molecule has 5 nitrogen and oxygen atoms in total. The van der Waals surface area contributed by atoms with Crippen molar-refractivity contribution in [3.05, 3.63) is 0 Å². The first kappa shape index (κ1) is 21.2. The zero-order chi connectivity index (χ0) is 17.4. The van der Waals surface area contributed by atoms with Crippen LogP contribution in [0.15, 0.2) is 0 Å². The molecule has 1 amide bonds. The minimum absolute atomic E-state index is 0.00775. The highest BCUT2D eigenvalue weighted by atomic mass is 16.6. The van der Waals surface area contributed by atoms with Gasteiger partial charge >= 0.3 is 6.09 Å². The second kappa shape index (κ2) is 8.73. The molecule has 0 aromatic rings. The van der Waals surface area contributed by atoms with Crippen molar-refractivity contribution in [2.45, 2.75) is 66.9 Å². The molecule has 0 rings (SSSR count). The van der Waals surface area contributed by atoms with E-state index in [0.29, 0.717) is 26.3 Å². The van der Waals surface area contributed by atoms with Gasteiger partial charge in [0.2, 0.25) is 0 Å². The van der Waals surface area contributed by atoms with E-state index in [9.17, 15) is 4.79 Å². The highest BCUT2D eigenvalue weighted by Crippen LogP contribution is 2.24. The summed E-state index contributed by atoms with van der Waals surface area (Å²) in [5.74, 6) is 0. The third-order valence-electron chi connectivity index (χ3n) is 3.28. The van der Waals surface area contributed by atoms with Gasteiger partial charge in [-0.1, -0.05) is 27.7 Å². The summed E-state index contributed by atoms with van der Waals surface area (Å²) in [5, 5.41) is 2.79. The monoisotopic (exact) mass is 316 g/mol. The lowest BCUT2D eigenvalue weighted by molar-refractivity contribution is 0.00995. The number of carbonyl (C=O) groups excluding carboxylic acids is 1. The van der Waals surface area contributed by atoms with Crippen LogP contribution < -0.4 is 11.1 Å². The number of hydrogen-bond acceptors (Lipinski definition) is 4. The maximum Gasteiger partial charge on any atom is 0.407 e. The summed E-state index contributed by atoms with van der Waals surface area (Å²) in [6.45, 7) is 16.8. The molecule has 0 aliphatic heterocycles. The van der Waals surface area contributed by atoms with Gasteiger partial charge in [0.25, 0.3) is 0 Å². The molecule has 0 radical (unpaired) electrons. The quantitative estimate of drug-likeness (QED) is 0.684. The van der Waals surface area contributed by atoms with Crippen LogP contribution in [-0.4, -0.2) is 38.0 Å². The van der Waals surface area contributed by atoms with E-state index < -0.39 is 5.60 Å². The third kappa shape index (κ3) is 11.8. The molecule has 3 N–H and O–H groups in total. The molecule has 0 aromatic carbocycles. The Balaban J connectivity index is 3.98. The fourth-order valence-corrected chi connectivity index (χ4v) is 1.96. The van der Waals surface area contributed by atoms with Crippen LogP contribution in [-0.2, 0) is 9.47 Å². The molecular formula is C17H36N2O3. The van der Waals surface area contributed by atoms with Crippen LogP contribution in [0.4, 0.5) is 4.79 Å². The molecular weight excluding hydrogens is 280 g/mol. The second-order valence-corrected chi connectivity index (χ2v) is 8.54. The maximum absolute atomic E-state index is 11.6. The Morgan fingerprint density at radius 2 is 1.45 bits per heavy atom. The second-order valence-electron chi connectivity index (χ2n) is 8.54. The highest BCUT2D eigenvalue weighted by Gasteiger charge is 2.23. The predicted octanol–water partition coefficient (Wildman–Crippen LogP) is 3.32.